The quantitative estimate of drug-likeness (QED) is 0.793. The van der Waals surface area contributed by atoms with E-state index in [1.165, 1.54) is 0 Å². The van der Waals surface area contributed by atoms with Gasteiger partial charge in [0.15, 0.2) is 0 Å². The number of anilines is 1. The van der Waals surface area contributed by atoms with Crippen LogP contribution >= 0.6 is 0 Å². The molecule has 5 heteroatoms. The second kappa shape index (κ2) is 5.14. The van der Waals surface area contributed by atoms with E-state index in [9.17, 15) is 4.79 Å². The zero-order valence-corrected chi connectivity index (χ0v) is 10.3. The van der Waals surface area contributed by atoms with Crippen LogP contribution in [0.2, 0.25) is 0 Å². The van der Waals surface area contributed by atoms with Gasteiger partial charge in [-0.1, -0.05) is 6.07 Å². The molecule has 1 aliphatic rings. The van der Waals surface area contributed by atoms with Crippen molar-refractivity contribution in [3.8, 4) is 0 Å². The molecule has 0 aromatic carbocycles. The Balaban J connectivity index is 1.90. The molecule has 2 amide bonds. The standard InChI is InChI=1S/C12H18N4O/c1-10-3-4-11(13-9-10)14-12(17)16-7-5-15(2)6-8-16/h3-4,9H,5-8H2,1-2H3,(H,13,14,17). The van der Waals surface area contributed by atoms with Crippen LogP contribution in [0.5, 0.6) is 0 Å². The monoisotopic (exact) mass is 234 g/mol. The molecular formula is C12H18N4O. The minimum Gasteiger partial charge on any atom is -0.322 e. The second-order valence-corrected chi connectivity index (χ2v) is 4.44. The van der Waals surface area contributed by atoms with E-state index in [2.05, 4.69) is 22.2 Å². The zero-order chi connectivity index (χ0) is 12.3. The van der Waals surface area contributed by atoms with Crippen molar-refractivity contribution in [1.29, 1.82) is 0 Å². The smallest absolute Gasteiger partial charge is 0.322 e. The first-order valence-electron chi connectivity index (χ1n) is 5.82. The maximum atomic E-state index is 11.9. The summed E-state index contributed by atoms with van der Waals surface area (Å²) in [6, 6.07) is 3.70. The van der Waals surface area contributed by atoms with Crippen molar-refractivity contribution in [2.75, 3.05) is 38.5 Å². The number of rotatable bonds is 1. The number of piperazine rings is 1. The fourth-order valence-corrected chi connectivity index (χ4v) is 1.74. The van der Waals surface area contributed by atoms with Gasteiger partial charge in [-0.05, 0) is 25.6 Å². The number of aromatic nitrogens is 1. The minimum absolute atomic E-state index is 0.0607. The van der Waals surface area contributed by atoms with Crippen LogP contribution in [0.25, 0.3) is 0 Å². The number of pyridine rings is 1. The molecule has 0 unspecified atom stereocenters. The molecule has 1 aromatic rings. The summed E-state index contributed by atoms with van der Waals surface area (Å²) in [6.07, 6.45) is 1.75. The second-order valence-electron chi connectivity index (χ2n) is 4.44. The van der Waals surface area contributed by atoms with Gasteiger partial charge in [-0.25, -0.2) is 9.78 Å². The number of carbonyl (C=O) groups excluding carboxylic acids is 1. The van der Waals surface area contributed by atoms with Gasteiger partial charge < -0.3 is 9.80 Å². The summed E-state index contributed by atoms with van der Waals surface area (Å²) in [7, 11) is 2.07. The van der Waals surface area contributed by atoms with Gasteiger partial charge >= 0.3 is 6.03 Å². The average molecular weight is 234 g/mol. The van der Waals surface area contributed by atoms with Crippen LogP contribution in [0.3, 0.4) is 0 Å². The van der Waals surface area contributed by atoms with E-state index in [1.807, 2.05) is 24.0 Å². The molecule has 1 aliphatic heterocycles. The van der Waals surface area contributed by atoms with Gasteiger partial charge in [0, 0.05) is 32.4 Å². The summed E-state index contributed by atoms with van der Waals surface area (Å²) in [6.45, 7) is 5.37. The highest BCUT2D eigenvalue weighted by Crippen LogP contribution is 2.06. The molecule has 0 atom stereocenters. The Morgan fingerprint density at radius 2 is 2.00 bits per heavy atom. The first kappa shape index (κ1) is 11.9. The van der Waals surface area contributed by atoms with Crippen LogP contribution in [-0.4, -0.2) is 54.0 Å². The molecule has 92 valence electrons. The molecule has 0 saturated carbocycles. The van der Waals surface area contributed by atoms with E-state index in [4.69, 9.17) is 0 Å². The largest absolute Gasteiger partial charge is 0.323 e. The summed E-state index contributed by atoms with van der Waals surface area (Å²) < 4.78 is 0. The third-order valence-electron chi connectivity index (χ3n) is 2.94. The molecule has 5 nitrogen and oxygen atoms in total. The van der Waals surface area contributed by atoms with Gasteiger partial charge in [0.1, 0.15) is 5.82 Å². The molecule has 0 radical (unpaired) electrons. The maximum absolute atomic E-state index is 11.9. The fourth-order valence-electron chi connectivity index (χ4n) is 1.74. The molecular weight excluding hydrogens is 216 g/mol. The predicted octanol–water partition coefficient (Wildman–Crippen LogP) is 1.17. The molecule has 1 fully saturated rings. The van der Waals surface area contributed by atoms with E-state index < -0.39 is 0 Å². The van der Waals surface area contributed by atoms with Crippen LogP contribution in [-0.2, 0) is 0 Å². The maximum Gasteiger partial charge on any atom is 0.323 e. The van der Waals surface area contributed by atoms with Gasteiger partial charge in [-0.2, -0.15) is 0 Å². The summed E-state index contributed by atoms with van der Waals surface area (Å²) in [4.78, 5) is 20.1. The minimum atomic E-state index is -0.0607. The van der Waals surface area contributed by atoms with E-state index >= 15 is 0 Å². The van der Waals surface area contributed by atoms with Gasteiger partial charge in [0.2, 0.25) is 0 Å². The lowest BCUT2D eigenvalue weighted by Gasteiger charge is -2.32. The Labute approximate surface area is 101 Å². The van der Waals surface area contributed by atoms with Crippen LogP contribution in [0.4, 0.5) is 10.6 Å². The van der Waals surface area contributed by atoms with Crippen LogP contribution in [0.15, 0.2) is 18.3 Å². The molecule has 0 aliphatic carbocycles. The molecule has 2 rings (SSSR count). The number of urea groups is 1. The van der Waals surface area contributed by atoms with Crippen molar-refractivity contribution < 1.29 is 4.79 Å². The van der Waals surface area contributed by atoms with Crippen molar-refractivity contribution in [2.45, 2.75) is 6.92 Å². The predicted molar refractivity (Wildman–Crippen MR) is 67.1 cm³/mol. The summed E-state index contributed by atoms with van der Waals surface area (Å²) in [5.41, 5.74) is 1.09. The van der Waals surface area contributed by atoms with Crippen molar-refractivity contribution in [3.05, 3.63) is 23.9 Å². The summed E-state index contributed by atoms with van der Waals surface area (Å²) in [5, 5.41) is 2.81. The molecule has 2 heterocycles. The number of amides is 2. The SMILES string of the molecule is Cc1ccc(NC(=O)N2CCN(C)CC2)nc1. The Kier molecular flexibility index (Phi) is 3.58. The van der Waals surface area contributed by atoms with Gasteiger partial charge in [0.25, 0.3) is 0 Å². The lowest BCUT2D eigenvalue weighted by molar-refractivity contribution is 0.164. The average Bonchev–Trinajstić information content (AvgIpc) is 2.33. The first-order valence-corrected chi connectivity index (χ1v) is 5.82. The van der Waals surface area contributed by atoms with Crippen molar-refractivity contribution in [1.82, 2.24) is 14.8 Å². The van der Waals surface area contributed by atoms with Crippen molar-refractivity contribution in [3.63, 3.8) is 0 Å². The lowest BCUT2D eigenvalue weighted by Crippen LogP contribution is -2.48. The molecule has 17 heavy (non-hydrogen) atoms. The molecule has 1 saturated heterocycles. The topological polar surface area (TPSA) is 48.5 Å². The van der Waals surface area contributed by atoms with E-state index in [0.717, 1.165) is 31.7 Å². The molecule has 0 bridgehead atoms. The Hall–Kier alpha value is -1.62. The highest BCUT2D eigenvalue weighted by Gasteiger charge is 2.18. The number of hydrogen-bond acceptors (Lipinski definition) is 3. The highest BCUT2D eigenvalue weighted by molar-refractivity contribution is 5.88. The number of nitrogens with one attached hydrogen (secondary N) is 1. The molecule has 1 aromatic heterocycles. The lowest BCUT2D eigenvalue weighted by atomic mass is 10.3. The highest BCUT2D eigenvalue weighted by atomic mass is 16.2. The van der Waals surface area contributed by atoms with Gasteiger partial charge in [-0.3, -0.25) is 5.32 Å². The number of carbonyl (C=O) groups is 1. The normalized spacial score (nSPS) is 16.9. The summed E-state index contributed by atoms with van der Waals surface area (Å²) in [5.74, 6) is 0.611. The Morgan fingerprint density at radius 1 is 1.29 bits per heavy atom. The molecule has 0 spiro atoms. The Morgan fingerprint density at radius 3 is 2.59 bits per heavy atom. The van der Waals surface area contributed by atoms with E-state index in [-0.39, 0.29) is 6.03 Å². The van der Waals surface area contributed by atoms with Crippen LogP contribution < -0.4 is 5.32 Å². The number of hydrogen-bond donors (Lipinski definition) is 1. The zero-order valence-electron chi connectivity index (χ0n) is 10.3. The summed E-state index contributed by atoms with van der Waals surface area (Å²) >= 11 is 0. The van der Waals surface area contributed by atoms with Crippen molar-refractivity contribution in [2.24, 2.45) is 0 Å². The van der Waals surface area contributed by atoms with E-state index in [1.54, 1.807) is 6.20 Å². The van der Waals surface area contributed by atoms with Gasteiger partial charge in [-0.15, -0.1) is 0 Å². The third kappa shape index (κ3) is 3.17. The molecule has 1 N–H and O–H groups in total. The van der Waals surface area contributed by atoms with Gasteiger partial charge in [0.05, 0.1) is 0 Å². The van der Waals surface area contributed by atoms with Crippen molar-refractivity contribution >= 4 is 11.8 Å². The first-order chi connectivity index (χ1) is 8.15. The number of likely N-dealkylation sites (N-methyl/N-ethyl adjacent to an activating group) is 1. The van der Waals surface area contributed by atoms with Crippen LogP contribution in [0.1, 0.15) is 5.56 Å². The van der Waals surface area contributed by atoms with Crippen LogP contribution in [0, 0.1) is 6.92 Å². The number of nitrogens with zero attached hydrogens (tertiary/aromatic N) is 3. The number of aryl methyl sites for hydroxylation is 1. The fraction of sp³-hybridized carbons (Fsp3) is 0.500. The third-order valence-corrected chi connectivity index (χ3v) is 2.94. The van der Waals surface area contributed by atoms with E-state index in [0.29, 0.717) is 5.82 Å². The Bertz CT molecular complexity index is 382.